The number of hydrogen-bond donors (Lipinski definition) is 3. The normalized spacial score (nSPS) is 9.95. The second kappa shape index (κ2) is 6.61. The lowest BCUT2D eigenvalue weighted by Crippen LogP contribution is -2.17. The number of nitrogens with one attached hydrogen (secondary N) is 2. The van der Waals surface area contributed by atoms with Crippen molar-refractivity contribution in [2.24, 2.45) is 0 Å². The van der Waals surface area contributed by atoms with Crippen LogP contribution in [-0.4, -0.2) is 13.0 Å². The van der Waals surface area contributed by atoms with Crippen LogP contribution >= 0.6 is 27.3 Å². The van der Waals surface area contributed by atoms with E-state index in [1.165, 1.54) is 18.4 Å². The Labute approximate surface area is 134 Å². The van der Waals surface area contributed by atoms with E-state index < -0.39 is 0 Å². The maximum Gasteiger partial charge on any atom is 0.263 e. The smallest absolute Gasteiger partial charge is 0.263 e. The lowest BCUT2D eigenvalue weighted by molar-refractivity contribution is 0.0968. The van der Waals surface area contributed by atoms with Gasteiger partial charge in [-0.05, 0) is 17.7 Å². The molecular formula is C14H13BrN4OS. The molecule has 108 valence electrons. The summed E-state index contributed by atoms with van der Waals surface area (Å²) in [5.74, 6) is -0.287. The third-order valence-electron chi connectivity index (χ3n) is 2.83. The van der Waals surface area contributed by atoms with Crippen molar-refractivity contribution in [3.63, 3.8) is 0 Å². The zero-order valence-electron chi connectivity index (χ0n) is 11.2. The van der Waals surface area contributed by atoms with E-state index >= 15 is 0 Å². The van der Waals surface area contributed by atoms with E-state index in [2.05, 4.69) is 26.6 Å². The molecule has 5 nitrogen and oxygen atoms in total. The molecule has 21 heavy (non-hydrogen) atoms. The first-order valence-electron chi connectivity index (χ1n) is 6.09. The summed E-state index contributed by atoms with van der Waals surface area (Å²) >= 11 is 4.59. The van der Waals surface area contributed by atoms with E-state index in [0.29, 0.717) is 22.0 Å². The number of carbonyl (C=O) groups is 1. The van der Waals surface area contributed by atoms with Gasteiger partial charge in [-0.15, -0.1) is 11.3 Å². The molecule has 0 saturated carbocycles. The van der Waals surface area contributed by atoms with Crippen LogP contribution in [0.5, 0.6) is 0 Å². The van der Waals surface area contributed by atoms with E-state index in [-0.39, 0.29) is 11.6 Å². The van der Waals surface area contributed by atoms with Crippen molar-refractivity contribution in [1.82, 2.24) is 5.32 Å². The van der Waals surface area contributed by atoms with Crippen LogP contribution in [0, 0.1) is 11.3 Å². The average Bonchev–Trinajstić information content (AvgIpc) is 2.80. The summed E-state index contributed by atoms with van der Waals surface area (Å²) in [5, 5.41) is 15.5. The van der Waals surface area contributed by atoms with Crippen LogP contribution in [0.2, 0.25) is 0 Å². The largest absolute Gasteiger partial charge is 0.396 e. The van der Waals surface area contributed by atoms with E-state index in [1.807, 2.05) is 30.3 Å². The number of anilines is 2. The summed E-state index contributed by atoms with van der Waals surface area (Å²) in [7, 11) is 1.53. The van der Waals surface area contributed by atoms with Crippen LogP contribution in [0.4, 0.5) is 10.7 Å². The van der Waals surface area contributed by atoms with Crippen LogP contribution in [0.3, 0.4) is 0 Å². The molecule has 1 amide bonds. The quantitative estimate of drug-likeness (QED) is 0.777. The molecule has 0 atom stereocenters. The summed E-state index contributed by atoms with van der Waals surface area (Å²) in [6.07, 6.45) is 0. The standard InChI is InChI=1S/C14H13BrN4OS/c1-18-13(20)12-11(17)10(6-16)14(21-12)19-7-8-3-2-4-9(15)5-8/h2-5,19H,7,17H2,1H3,(H,18,20). The van der Waals surface area contributed by atoms with E-state index in [9.17, 15) is 10.1 Å². The van der Waals surface area contributed by atoms with Gasteiger partial charge in [0.2, 0.25) is 0 Å². The van der Waals surface area contributed by atoms with E-state index in [4.69, 9.17) is 5.73 Å². The average molecular weight is 365 g/mol. The second-order valence-corrected chi connectivity index (χ2v) is 6.16. The van der Waals surface area contributed by atoms with Gasteiger partial charge in [-0.3, -0.25) is 4.79 Å². The monoisotopic (exact) mass is 364 g/mol. The number of amides is 1. The first kappa shape index (κ1) is 15.4. The van der Waals surface area contributed by atoms with Crippen molar-refractivity contribution < 1.29 is 4.79 Å². The molecule has 2 aromatic rings. The molecule has 1 heterocycles. The predicted octanol–water partition coefficient (Wildman–Crippen LogP) is 2.94. The van der Waals surface area contributed by atoms with E-state index in [0.717, 1.165) is 10.0 Å². The lowest BCUT2D eigenvalue weighted by Gasteiger charge is -2.05. The third kappa shape index (κ3) is 3.35. The van der Waals surface area contributed by atoms with Crippen LogP contribution in [0.15, 0.2) is 28.7 Å². The predicted molar refractivity (Wildman–Crippen MR) is 88.3 cm³/mol. The first-order valence-corrected chi connectivity index (χ1v) is 7.70. The minimum atomic E-state index is -0.287. The molecule has 0 aliphatic carbocycles. The summed E-state index contributed by atoms with van der Waals surface area (Å²) in [4.78, 5) is 12.1. The maximum atomic E-state index is 11.7. The molecule has 1 aromatic heterocycles. The van der Waals surface area contributed by atoms with Gasteiger partial charge < -0.3 is 16.4 Å². The van der Waals surface area contributed by atoms with Gasteiger partial charge in [0, 0.05) is 18.1 Å². The molecule has 1 aromatic carbocycles. The Kier molecular flexibility index (Phi) is 4.83. The Bertz CT molecular complexity index is 720. The Balaban J connectivity index is 2.24. The number of benzene rings is 1. The Morgan fingerprint density at radius 1 is 1.52 bits per heavy atom. The molecule has 0 saturated heterocycles. The minimum absolute atomic E-state index is 0.221. The van der Waals surface area contributed by atoms with Crippen molar-refractivity contribution in [2.45, 2.75) is 6.54 Å². The molecular weight excluding hydrogens is 352 g/mol. The lowest BCUT2D eigenvalue weighted by atomic mass is 10.2. The molecule has 0 spiro atoms. The highest BCUT2D eigenvalue weighted by Gasteiger charge is 2.20. The van der Waals surface area contributed by atoms with Crippen LogP contribution in [-0.2, 0) is 6.54 Å². The summed E-state index contributed by atoms with van der Waals surface area (Å²) in [6.45, 7) is 0.543. The number of nitrogens with two attached hydrogens (primary N) is 1. The number of nitrogens with zero attached hydrogens (tertiary/aromatic N) is 1. The molecule has 0 aliphatic rings. The molecule has 2 rings (SSSR count). The van der Waals surface area contributed by atoms with Crippen molar-refractivity contribution >= 4 is 43.9 Å². The van der Waals surface area contributed by atoms with Gasteiger partial charge in [0.05, 0.1) is 5.69 Å². The zero-order valence-corrected chi connectivity index (χ0v) is 13.6. The van der Waals surface area contributed by atoms with Crippen molar-refractivity contribution in [2.75, 3.05) is 18.1 Å². The fourth-order valence-electron chi connectivity index (χ4n) is 1.79. The van der Waals surface area contributed by atoms with Gasteiger partial charge in [0.25, 0.3) is 5.91 Å². The van der Waals surface area contributed by atoms with E-state index in [1.54, 1.807) is 0 Å². The van der Waals surface area contributed by atoms with Gasteiger partial charge in [0.1, 0.15) is 21.5 Å². The number of nitrogen functional groups attached to an aromatic ring is 1. The fraction of sp³-hybridized carbons (Fsp3) is 0.143. The van der Waals surface area contributed by atoms with Crippen molar-refractivity contribution in [3.05, 3.63) is 44.7 Å². The molecule has 7 heteroatoms. The van der Waals surface area contributed by atoms with Crippen LogP contribution in [0.1, 0.15) is 20.8 Å². The Morgan fingerprint density at radius 3 is 2.90 bits per heavy atom. The van der Waals surface area contributed by atoms with Gasteiger partial charge in [0.15, 0.2) is 0 Å². The number of thiophene rings is 1. The maximum absolute atomic E-state index is 11.7. The molecule has 0 radical (unpaired) electrons. The highest BCUT2D eigenvalue weighted by Crippen LogP contribution is 2.35. The fourth-order valence-corrected chi connectivity index (χ4v) is 3.25. The Hall–Kier alpha value is -2.04. The first-order chi connectivity index (χ1) is 10.1. The summed E-state index contributed by atoms with van der Waals surface area (Å²) in [6, 6.07) is 9.88. The summed E-state index contributed by atoms with van der Waals surface area (Å²) in [5.41, 5.74) is 7.46. The highest BCUT2D eigenvalue weighted by atomic mass is 79.9. The number of halogens is 1. The third-order valence-corrected chi connectivity index (χ3v) is 4.49. The number of rotatable bonds is 4. The number of hydrogen-bond acceptors (Lipinski definition) is 5. The molecule has 4 N–H and O–H groups in total. The topological polar surface area (TPSA) is 90.9 Å². The van der Waals surface area contributed by atoms with Crippen LogP contribution in [0.25, 0.3) is 0 Å². The highest BCUT2D eigenvalue weighted by molar-refractivity contribution is 9.10. The molecule has 0 bridgehead atoms. The van der Waals surface area contributed by atoms with Crippen molar-refractivity contribution in [1.29, 1.82) is 5.26 Å². The number of carbonyl (C=O) groups excluding carboxylic acids is 1. The SMILES string of the molecule is CNC(=O)c1sc(NCc2cccc(Br)c2)c(C#N)c1N. The van der Waals surface area contributed by atoms with Crippen LogP contribution < -0.4 is 16.4 Å². The van der Waals surface area contributed by atoms with Gasteiger partial charge in [-0.2, -0.15) is 5.26 Å². The molecule has 0 unspecified atom stereocenters. The Morgan fingerprint density at radius 2 is 2.29 bits per heavy atom. The van der Waals surface area contributed by atoms with Gasteiger partial charge in [-0.1, -0.05) is 28.1 Å². The molecule has 0 fully saturated rings. The van der Waals surface area contributed by atoms with Gasteiger partial charge in [-0.25, -0.2) is 0 Å². The van der Waals surface area contributed by atoms with Gasteiger partial charge >= 0.3 is 0 Å². The summed E-state index contributed by atoms with van der Waals surface area (Å²) < 4.78 is 0.985. The minimum Gasteiger partial charge on any atom is -0.396 e. The second-order valence-electron chi connectivity index (χ2n) is 4.22. The zero-order chi connectivity index (χ0) is 15.4. The molecule has 0 aliphatic heterocycles. The number of nitriles is 1. The van der Waals surface area contributed by atoms with Crippen molar-refractivity contribution in [3.8, 4) is 6.07 Å².